The lowest BCUT2D eigenvalue weighted by atomic mass is 10.00. The van der Waals surface area contributed by atoms with Gasteiger partial charge in [-0.05, 0) is 30.5 Å². The number of carbonyl (C=O) groups is 1. The van der Waals surface area contributed by atoms with Crippen molar-refractivity contribution in [2.45, 2.75) is 38.8 Å². The van der Waals surface area contributed by atoms with Crippen LogP contribution in [0.2, 0.25) is 5.15 Å². The highest BCUT2D eigenvalue weighted by Gasteiger charge is 2.34. The lowest BCUT2D eigenvalue weighted by molar-refractivity contribution is 0.106. The first-order chi connectivity index (χ1) is 12.3. The molecule has 1 amide bonds. The molecule has 1 aromatic heterocycles. The lowest BCUT2D eigenvalue weighted by Crippen LogP contribution is -2.42. The van der Waals surface area contributed by atoms with Gasteiger partial charge < -0.3 is 9.67 Å². The van der Waals surface area contributed by atoms with Crippen molar-refractivity contribution in [2.24, 2.45) is 0 Å². The Kier molecular flexibility index (Phi) is 5.13. The van der Waals surface area contributed by atoms with Gasteiger partial charge in [0, 0.05) is 19.5 Å². The second-order valence-corrected chi connectivity index (χ2v) is 6.47. The highest BCUT2D eigenvalue weighted by atomic mass is 35.5. The molecule has 5 nitrogen and oxygen atoms in total. The van der Waals surface area contributed by atoms with Gasteiger partial charge in [0.05, 0.1) is 11.7 Å². The van der Waals surface area contributed by atoms with Crippen molar-refractivity contribution in [3.05, 3.63) is 51.8 Å². The summed E-state index contributed by atoms with van der Waals surface area (Å²) in [5.41, 5.74) is 0.829. The Morgan fingerprint density at radius 1 is 1.31 bits per heavy atom. The monoisotopic (exact) mass is 387 g/mol. The van der Waals surface area contributed by atoms with Crippen LogP contribution in [0.4, 0.5) is 18.0 Å². The van der Waals surface area contributed by atoms with E-state index in [0.717, 1.165) is 18.0 Å². The zero-order valence-corrected chi connectivity index (χ0v) is 14.7. The maximum Gasteiger partial charge on any atom is 0.407 e. The maximum atomic E-state index is 13.4. The Labute approximate surface area is 153 Å². The van der Waals surface area contributed by atoms with Crippen molar-refractivity contribution in [3.8, 4) is 0 Å². The van der Waals surface area contributed by atoms with Crippen LogP contribution in [0.25, 0.3) is 0 Å². The number of aryl methyl sites for hydroxylation is 2. The second kappa shape index (κ2) is 7.19. The molecule has 1 aromatic carbocycles. The van der Waals surface area contributed by atoms with Gasteiger partial charge in [-0.2, -0.15) is 0 Å². The van der Waals surface area contributed by atoms with E-state index in [1.54, 1.807) is 0 Å². The molecule has 1 N–H and O–H groups in total. The van der Waals surface area contributed by atoms with Crippen LogP contribution in [-0.4, -0.2) is 32.2 Å². The molecule has 1 atom stereocenters. The fraction of sp³-hybridized carbons (Fsp3) is 0.412. The minimum atomic E-state index is -1.52. The van der Waals surface area contributed by atoms with Crippen LogP contribution in [-0.2, 0) is 19.4 Å². The summed E-state index contributed by atoms with van der Waals surface area (Å²) in [5.74, 6) is -3.30. The van der Waals surface area contributed by atoms with E-state index in [0.29, 0.717) is 18.7 Å². The van der Waals surface area contributed by atoms with Gasteiger partial charge in [0.15, 0.2) is 22.6 Å². The van der Waals surface area contributed by atoms with Crippen LogP contribution in [0.5, 0.6) is 0 Å². The number of carboxylic acid groups (broad SMARTS) is 1. The smallest absolute Gasteiger partial charge is 0.407 e. The summed E-state index contributed by atoms with van der Waals surface area (Å²) in [4.78, 5) is 17.1. The number of aromatic nitrogens is 2. The van der Waals surface area contributed by atoms with Crippen LogP contribution < -0.4 is 0 Å². The molecular formula is C17H17ClF3N3O2. The highest BCUT2D eigenvalue weighted by molar-refractivity contribution is 6.30. The van der Waals surface area contributed by atoms with Gasteiger partial charge in [-0.25, -0.2) is 22.9 Å². The lowest BCUT2D eigenvalue weighted by Gasteiger charge is -2.35. The van der Waals surface area contributed by atoms with Crippen molar-refractivity contribution < 1.29 is 23.1 Å². The Morgan fingerprint density at radius 3 is 2.54 bits per heavy atom. The van der Waals surface area contributed by atoms with E-state index in [9.17, 15) is 23.1 Å². The van der Waals surface area contributed by atoms with Crippen LogP contribution in [0.1, 0.15) is 36.5 Å². The first kappa shape index (κ1) is 18.6. The van der Waals surface area contributed by atoms with Crippen LogP contribution in [0, 0.1) is 17.5 Å². The summed E-state index contributed by atoms with van der Waals surface area (Å²) < 4.78 is 41.8. The maximum absolute atomic E-state index is 13.4. The zero-order valence-electron chi connectivity index (χ0n) is 14.0. The van der Waals surface area contributed by atoms with Crippen molar-refractivity contribution in [1.82, 2.24) is 14.5 Å². The Balaban J connectivity index is 1.91. The normalized spacial score (nSPS) is 16.7. The largest absolute Gasteiger partial charge is 0.465 e. The number of imidazole rings is 1. The number of halogens is 4. The van der Waals surface area contributed by atoms with Crippen LogP contribution in [0.15, 0.2) is 12.1 Å². The van der Waals surface area contributed by atoms with Crippen LogP contribution >= 0.6 is 11.6 Å². The molecule has 140 valence electrons. The number of hydrogen-bond acceptors (Lipinski definition) is 2. The van der Waals surface area contributed by atoms with Crippen molar-refractivity contribution in [1.29, 1.82) is 0 Å². The van der Waals surface area contributed by atoms with E-state index >= 15 is 0 Å². The molecule has 2 aromatic rings. The van der Waals surface area contributed by atoms with Gasteiger partial charge in [0.1, 0.15) is 5.82 Å². The highest BCUT2D eigenvalue weighted by Crippen LogP contribution is 2.35. The molecule has 26 heavy (non-hydrogen) atoms. The SMILES string of the molecule is CCc1nc(Cl)c2n1CCN(C(=O)O)C2CCc1cc(F)c(F)c(F)c1. The average molecular weight is 388 g/mol. The summed E-state index contributed by atoms with van der Waals surface area (Å²) >= 11 is 6.24. The fourth-order valence-electron chi connectivity index (χ4n) is 3.41. The van der Waals surface area contributed by atoms with Gasteiger partial charge in [0.2, 0.25) is 0 Å². The van der Waals surface area contributed by atoms with E-state index in [2.05, 4.69) is 4.98 Å². The molecule has 9 heteroatoms. The molecule has 0 saturated carbocycles. The molecule has 0 aliphatic carbocycles. The third-order valence-corrected chi connectivity index (χ3v) is 4.89. The Morgan fingerprint density at radius 2 is 1.96 bits per heavy atom. The van der Waals surface area contributed by atoms with Crippen molar-refractivity contribution in [2.75, 3.05) is 6.54 Å². The quantitative estimate of drug-likeness (QED) is 0.800. The summed E-state index contributed by atoms with van der Waals surface area (Å²) in [6, 6.07) is 1.24. The average Bonchev–Trinajstić information content (AvgIpc) is 2.93. The van der Waals surface area contributed by atoms with Gasteiger partial charge in [-0.15, -0.1) is 0 Å². The molecule has 1 aliphatic heterocycles. The number of fused-ring (bicyclic) bond motifs is 1. The molecule has 1 unspecified atom stereocenters. The molecule has 0 spiro atoms. The molecule has 0 fully saturated rings. The van der Waals surface area contributed by atoms with Crippen molar-refractivity contribution >= 4 is 17.7 Å². The number of rotatable bonds is 4. The zero-order chi connectivity index (χ0) is 19.0. The second-order valence-electron chi connectivity index (χ2n) is 6.11. The van der Waals surface area contributed by atoms with E-state index in [4.69, 9.17) is 11.6 Å². The molecule has 1 aliphatic rings. The summed E-state index contributed by atoms with van der Waals surface area (Å²) in [6.07, 6.45) is -0.0572. The number of amides is 1. The first-order valence-electron chi connectivity index (χ1n) is 8.21. The molecule has 2 heterocycles. The van der Waals surface area contributed by atoms with Crippen LogP contribution in [0.3, 0.4) is 0 Å². The van der Waals surface area contributed by atoms with Gasteiger partial charge >= 0.3 is 6.09 Å². The molecule has 0 bridgehead atoms. The fourth-order valence-corrected chi connectivity index (χ4v) is 3.73. The van der Waals surface area contributed by atoms with E-state index < -0.39 is 29.6 Å². The predicted molar refractivity (Wildman–Crippen MR) is 88.7 cm³/mol. The molecule has 3 rings (SSSR count). The predicted octanol–water partition coefficient (Wildman–Crippen LogP) is 4.18. The van der Waals surface area contributed by atoms with E-state index in [1.807, 2.05) is 11.5 Å². The molecular weight excluding hydrogens is 371 g/mol. The van der Waals surface area contributed by atoms with Crippen molar-refractivity contribution in [3.63, 3.8) is 0 Å². The minimum Gasteiger partial charge on any atom is -0.465 e. The first-order valence-corrected chi connectivity index (χ1v) is 8.59. The third-order valence-electron chi connectivity index (χ3n) is 4.61. The van der Waals surface area contributed by atoms with Gasteiger partial charge in [0.25, 0.3) is 0 Å². The molecule has 0 saturated heterocycles. The molecule has 0 radical (unpaired) electrons. The number of hydrogen-bond donors (Lipinski definition) is 1. The number of nitrogens with zero attached hydrogens (tertiary/aromatic N) is 3. The third kappa shape index (κ3) is 3.25. The Hall–Kier alpha value is -2.22. The topological polar surface area (TPSA) is 58.4 Å². The van der Waals surface area contributed by atoms with E-state index in [-0.39, 0.29) is 30.1 Å². The summed E-state index contributed by atoms with van der Waals surface area (Å²) in [7, 11) is 0. The summed E-state index contributed by atoms with van der Waals surface area (Å²) in [6.45, 7) is 2.63. The van der Waals surface area contributed by atoms with Gasteiger partial charge in [-0.3, -0.25) is 4.90 Å². The van der Waals surface area contributed by atoms with E-state index in [1.165, 1.54) is 4.90 Å². The standard InChI is InChI=1S/C17H17ClF3N3O2/c1-2-13-22-16(18)15-12(23(17(25)26)5-6-24(13)15)4-3-9-7-10(19)14(21)11(20)8-9/h7-8,12H,2-6H2,1H3,(H,25,26). The summed E-state index contributed by atoms with van der Waals surface area (Å²) in [5, 5.41) is 9.73. The minimum absolute atomic E-state index is 0.158. The van der Waals surface area contributed by atoms with Gasteiger partial charge in [-0.1, -0.05) is 18.5 Å². The number of benzene rings is 1. The Bertz CT molecular complexity index is 833.